The van der Waals surface area contributed by atoms with Crippen LogP contribution in [0.2, 0.25) is 0 Å². The van der Waals surface area contributed by atoms with Gasteiger partial charge in [-0.05, 0) is 0 Å². The van der Waals surface area contributed by atoms with Gasteiger partial charge in [0.2, 0.25) is 0 Å². The Morgan fingerprint density at radius 1 is 1.11 bits per heavy atom. The molecule has 2 nitrogen and oxygen atoms in total. The summed E-state index contributed by atoms with van der Waals surface area (Å²) in [4.78, 5) is 0. The van der Waals surface area contributed by atoms with Gasteiger partial charge in [0.15, 0.2) is 0 Å². The van der Waals surface area contributed by atoms with Crippen LogP contribution in [-0.2, 0) is 4.74 Å². The Morgan fingerprint density at radius 3 is 2.00 bits per heavy atom. The Labute approximate surface area is 142 Å². The minimum absolute atomic E-state index is 0. The van der Waals surface area contributed by atoms with Gasteiger partial charge in [0.05, 0.1) is 28.2 Å². The molecule has 0 amide bonds. The molecule has 1 aliphatic rings. The van der Waals surface area contributed by atoms with Crippen LogP contribution in [0, 0.1) is 44.2 Å². The number of nitrogens with zero attached hydrogens (tertiary/aromatic N) is 1. The average molecular weight is 400 g/mol. The van der Waals surface area contributed by atoms with Gasteiger partial charge in [0, 0.05) is 44.3 Å². The fraction of sp³-hybridized carbons (Fsp3) is 0.533. The Kier molecular flexibility index (Phi) is 8.74. The van der Waals surface area contributed by atoms with E-state index in [2.05, 4.69) is 65.8 Å². The van der Waals surface area contributed by atoms with Crippen molar-refractivity contribution in [3.8, 4) is 0 Å². The van der Waals surface area contributed by atoms with E-state index in [-0.39, 0.29) is 37.7 Å². The predicted octanol–water partition coefficient (Wildman–Crippen LogP) is 2.72. The summed E-state index contributed by atoms with van der Waals surface area (Å²) in [7, 11) is 8.50. The van der Waals surface area contributed by atoms with Gasteiger partial charge in [-0.15, -0.1) is 5.92 Å². The smallest absolute Gasteiger partial charge is 0.0675 e. The maximum atomic E-state index is 5.46. The first-order chi connectivity index (χ1) is 7.86. The van der Waals surface area contributed by atoms with Crippen molar-refractivity contribution in [3.63, 3.8) is 0 Å². The molecule has 0 N–H and O–H groups in total. The summed E-state index contributed by atoms with van der Waals surface area (Å²) < 4.78 is 6.46. The molecule has 0 bridgehead atoms. The van der Waals surface area contributed by atoms with Crippen LogP contribution >= 0.6 is 0 Å². The molecule has 0 aromatic heterocycles. The second-order valence-corrected chi connectivity index (χ2v) is 5.93. The molecule has 0 spiro atoms. The number of benzene rings is 1. The summed E-state index contributed by atoms with van der Waals surface area (Å²) in [5, 5.41) is 0. The van der Waals surface area contributed by atoms with Crippen molar-refractivity contribution in [2.45, 2.75) is 18.9 Å². The van der Waals surface area contributed by atoms with E-state index in [0.717, 1.165) is 11.1 Å². The summed E-state index contributed by atoms with van der Waals surface area (Å²) in [5.74, 6) is 0.501. The van der Waals surface area contributed by atoms with E-state index in [1.807, 2.05) is 6.07 Å². The van der Waals surface area contributed by atoms with Gasteiger partial charge in [0.1, 0.15) is 0 Å². The molecular weight excluding hydrogens is 375 g/mol. The van der Waals surface area contributed by atoms with Gasteiger partial charge in [0.25, 0.3) is 0 Å². The molecule has 1 aliphatic heterocycles. The molecular formula is C15H25HoNO. The maximum Gasteiger partial charge on any atom is 0.0675 e. The van der Waals surface area contributed by atoms with E-state index in [0.29, 0.717) is 12.0 Å². The van der Waals surface area contributed by atoms with Crippen molar-refractivity contribution in [1.29, 1.82) is 0 Å². The van der Waals surface area contributed by atoms with Gasteiger partial charge >= 0.3 is 0 Å². The van der Waals surface area contributed by atoms with Crippen LogP contribution in [0.3, 0.4) is 0 Å². The Morgan fingerprint density at radius 2 is 1.61 bits per heavy atom. The van der Waals surface area contributed by atoms with E-state index < -0.39 is 0 Å². The minimum atomic E-state index is 0. The van der Waals surface area contributed by atoms with Gasteiger partial charge in [-0.1, -0.05) is 48.9 Å². The molecule has 0 saturated carbocycles. The fourth-order valence-electron chi connectivity index (χ4n) is 1.60. The van der Waals surface area contributed by atoms with Crippen molar-refractivity contribution in [2.75, 3.05) is 34.8 Å². The quantitative estimate of drug-likeness (QED) is 0.400. The van der Waals surface area contributed by atoms with Crippen LogP contribution in [0.4, 0.5) is 0 Å². The zero-order valence-electron chi connectivity index (χ0n) is 12.0. The summed E-state index contributed by atoms with van der Waals surface area (Å²) in [6.07, 6.45) is 2.57. The van der Waals surface area contributed by atoms with Crippen LogP contribution < -0.4 is 0 Å². The van der Waals surface area contributed by atoms with E-state index in [9.17, 15) is 0 Å². The molecule has 2 rings (SSSR count). The van der Waals surface area contributed by atoms with E-state index >= 15 is 0 Å². The average Bonchev–Trinajstić information content (AvgIpc) is 2.64. The summed E-state index contributed by atoms with van der Waals surface area (Å²) in [6, 6.07) is 10.5. The third-order valence-electron chi connectivity index (χ3n) is 2.27. The fourth-order valence-corrected chi connectivity index (χ4v) is 1.60. The standard InChI is InChI=1S/C11H13O.C4H12N.Ho/c1-9-7-11(8-12-9)10-5-3-2-4-6-10;1-5(2,3)4;/h2-7,9,11H,8H2,1H3;1-4H3;/q-1;+1;/t9-,11?;;/m0../s1. The monoisotopic (exact) mass is 400 g/mol. The molecule has 1 unspecified atom stereocenters. The second kappa shape index (κ2) is 8.55. The molecule has 1 aromatic rings. The SMILES string of the molecule is C[C@H]1[CH-]C(c2ccccc2)CO1.C[N+](C)(C)C.[Ho]. The van der Waals surface area contributed by atoms with Gasteiger partial charge < -0.3 is 9.22 Å². The maximum absolute atomic E-state index is 5.46. The first-order valence-electron chi connectivity index (χ1n) is 6.16. The normalized spacial score (nSPS) is 22.7. The van der Waals surface area contributed by atoms with Crippen molar-refractivity contribution in [2.24, 2.45) is 0 Å². The van der Waals surface area contributed by atoms with Crippen LogP contribution in [-0.4, -0.2) is 45.4 Å². The van der Waals surface area contributed by atoms with Gasteiger partial charge in [-0.3, -0.25) is 6.42 Å². The predicted molar refractivity (Wildman–Crippen MR) is 72.9 cm³/mol. The summed E-state index contributed by atoms with van der Waals surface area (Å²) >= 11 is 0. The van der Waals surface area contributed by atoms with Crippen molar-refractivity contribution in [1.82, 2.24) is 0 Å². The van der Waals surface area contributed by atoms with Crippen molar-refractivity contribution >= 4 is 0 Å². The third kappa shape index (κ3) is 8.49. The zero-order chi connectivity index (χ0) is 12.9. The minimum Gasteiger partial charge on any atom is -0.412 e. The van der Waals surface area contributed by atoms with Crippen LogP contribution in [0.1, 0.15) is 18.4 Å². The molecule has 18 heavy (non-hydrogen) atoms. The second-order valence-electron chi connectivity index (χ2n) is 5.93. The molecule has 1 heterocycles. The van der Waals surface area contributed by atoms with Crippen molar-refractivity contribution < 1.29 is 47.0 Å². The Hall–Kier alpha value is 0.400. The van der Waals surface area contributed by atoms with E-state index in [4.69, 9.17) is 4.74 Å². The van der Waals surface area contributed by atoms with Crippen LogP contribution in [0.5, 0.6) is 0 Å². The first-order valence-corrected chi connectivity index (χ1v) is 6.16. The number of hydrogen-bond acceptors (Lipinski definition) is 1. The van der Waals surface area contributed by atoms with E-state index in [1.165, 1.54) is 5.56 Å². The number of ether oxygens (including phenoxy) is 1. The number of hydrogen-bond donors (Lipinski definition) is 0. The number of quaternary nitrogens is 1. The van der Waals surface area contributed by atoms with Crippen molar-refractivity contribution in [3.05, 3.63) is 42.3 Å². The summed E-state index contributed by atoms with van der Waals surface area (Å²) in [6.45, 7) is 2.92. The molecule has 1 aromatic carbocycles. The Balaban J connectivity index is 0.000000421. The molecule has 1 radical (unpaired) electrons. The van der Waals surface area contributed by atoms with Crippen LogP contribution in [0.25, 0.3) is 0 Å². The largest absolute Gasteiger partial charge is 0.412 e. The molecule has 3 heteroatoms. The molecule has 107 valence electrons. The molecule has 1 fully saturated rings. The van der Waals surface area contributed by atoms with Gasteiger partial charge in [-0.25, -0.2) is 0 Å². The molecule has 2 atom stereocenters. The number of rotatable bonds is 1. The van der Waals surface area contributed by atoms with Gasteiger partial charge in [-0.2, -0.15) is 0 Å². The zero-order valence-corrected chi connectivity index (χ0v) is 13.9. The summed E-state index contributed by atoms with van der Waals surface area (Å²) in [5.41, 5.74) is 1.36. The Bertz CT molecular complexity index is 315. The first kappa shape index (κ1) is 18.4. The topological polar surface area (TPSA) is 9.23 Å². The van der Waals surface area contributed by atoms with Crippen LogP contribution in [0.15, 0.2) is 30.3 Å². The molecule has 0 aliphatic carbocycles. The molecule has 1 saturated heterocycles. The van der Waals surface area contributed by atoms with E-state index in [1.54, 1.807) is 0 Å². The third-order valence-corrected chi connectivity index (χ3v) is 2.27.